The number of amides is 1. The molecule has 0 aromatic carbocycles. The number of hydrogen-bond donors (Lipinski definition) is 1. The summed E-state index contributed by atoms with van der Waals surface area (Å²) in [5.41, 5.74) is 5.29. The van der Waals surface area contributed by atoms with Crippen LogP contribution in [0.1, 0.15) is 19.3 Å². The molecule has 0 aromatic rings. The molecule has 0 saturated heterocycles. The molecule has 4 heteroatoms. The highest BCUT2D eigenvalue weighted by atomic mass is 16.5. The summed E-state index contributed by atoms with van der Waals surface area (Å²) in [4.78, 5) is 13.1. The Morgan fingerprint density at radius 1 is 1.62 bits per heavy atom. The van der Waals surface area contributed by atoms with Crippen LogP contribution in [0.4, 0.5) is 0 Å². The molecule has 0 heterocycles. The number of ether oxygens (including phenoxy) is 1. The van der Waals surface area contributed by atoms with Gasteiger partial charge in [0.25, 0.3) is 0 Å². The van der Waals surface area contributed by atoms with Gasteiger partial charge in [0.15, 0.2) is 0 Å². The van der Waals surface area contributed by atoms with E-state index in [1.165, 1.54) is 0 Å². The Balaban J connectivity index is 2.02. The first-order valence-corrected chi connectivity index (χ1v) is 4.79. The van der Waals surface area contributed by atoms with E-state index in [1.807, 2.05) is 7.05 Å². The minimum atomic E-state index is 0.0829. The zero-order chi connectivity index (χ0) is 9.68. The molecule has 1 saturated carbocycles. The van der Waals surface area contributed by atoms with Crippen LogP contribution in [0.15, 0.2) is 0 Å². The van der Waals surface area contributed by atoms with Gasteiger partial charge in [0.1, 0.15) is 6.61 Å². The molecule has 13 heavy (non-hydrogen) atoms. The van der Waals surface area contributed by atoms with Crippen molar-refractivity contribution in [3.8, 4) is 0 Å². The molecular weight excluding hydrogens is 168 g/mol. The highest BCUT2D eigenvalue weighted by Crippen LogP contribution is 2.25. The summed E-state index contributed by atoms with van der Waals surface area (Å²) < 4.78 is 5.16. The van der Waals surface area contributed by atoms with Gasteiger partial charge in [-0.25, -0.2) is 0 Å². The zero-order valence-electron chi connectivity index (χ0n) is 8.16. The molecule has 0 radical (unpaired) electrons. The maximum Gasteiger partial charge on any atom is 0.248 e. The van der Waals surface area contributed by atoms with Crippen molar-refractivity contribution in [2.24, 2.45) is 5.73 Å². The van der Waals surface area contributed by atoms with E-state index in [2.05, 4.69) is 0 Å². The average Bonchev–Trinajstić information content (AvgIpc) is 2.94. The molecule has 0 aromatic heterocycles. The molecule has 4 nitrogen and oxygen atoms in total. The smallest absolute Gasteiger partial charge is 0.248 e. The fourth-order valence-electron chi connectivity index (χ4n) is 1.11. The van der Waals surface area contributed by atoms with Crippen LogP contribution in [0.5, 0.6) is 0 Å². The van der Waals surface area contributed by atoms with Gasteiger partial charge < -0.3 is 15.4 Å². The molecule has 0 spiro atoms. The summed E-state index contributed by atoms with van der Waals surface area (Å²) in [6.45, 7) is 1.40. The lowest BCUT2D eigenvalue weighted by Gasteiger charge is -2.15. The highest BCUT2D eigenvalue weighted by molar-refractivity contribution is 5.77. The summed E-state index contributed by atoms with van der Waals surface area (Å²) in [5.74, 6) is 0.0829. The Morgan fingerprint density at radius 2 is 2.31 bits per heavy atom. The van der Waals surface area contributed by atoms with E-state index < -0.39 is 0 Å². The van der Waals surface area contributed by atoms with Gasteiger partial charge in [-0.3, -0.25) is 4.79 Å². The monoisotopic (exact) mass is 186 g/mol. The molecule has 1 rings (SSSR count). The van der Waals surface area contributed by atoms with Gasteiger partial charge in [-0.2, -0.15) is 0 Å². The van der Waals surface area contributed by atoms with Crippen LogP contribution in [0.25, 0.3) is 0 Å². The first-order valence-electron chi connectivity index (χ1n) is 4.79. The first kappa shape index (κ1) is 10.5. The lowest BCUT2D eigenvalue weighted by atomic mass is 10.4. The lowest BCUT2D eigenvalue weighted by Crippen LogP contribution is -2.32. The van der Waals surface area contributed by atoms with Gasteiger partial charge in [-0.1, -0.05) is 0 Å². The maximum atomic E-state index is 11.4. The van der Waals surface area contributed by atoms with Crippen molar-refractivity contribution >= 4 is 5.91 Å². The fourth-order valence-corrected chi connectivity index (χ4v) is 1.11. The van der Waals surface area contributed by atoms with Crippen molar-refractivity contribution in [1.82, 2.24) is 4.90 Å². The standard InChI is InChI=1S/C9H18N2O2/c1-11(8-3-4-8)9(12)7-13-6-2-5-10/h8H,2-7,10H2,1H3. The van der Waals surface area contributed by atoms with Gasteiger partial charge >= 0.3 is 0 Å². The third-order valence-electron chi connectivity index (χ3n) is 2.21. The van der Waals surface area contributed by atoms with Gasteiger partial charge in [-0.15, -0.1) is 0 Å². The number of carbonyl (C=O) groups is 1. The summed E-state index contributed by atoms with van der Waals surface area (Å²) in [6.07, 6.45) is 3.11. The second-order valence-corrected chi connectivity index (χ2v) is 3.43. The SMILES string of the molecule is CN(C(=O)COCCCN)C1CC1. The van der Waals surface area contributed by atoms with E-state index in [-0.39, 0.29) is 12.5 Å². The van der Waals surface area contributed by atoms with Crippen LogP contribution in [0.2, 0.25) is 0 Å². The minimum Gasteiger partial charge on any atom is -0.372 e. The van der Waals surface area contributed by atoms with Gasteiger partial charge in [-0.05, 0) is 25.8 Å². The number of hydrogen-bond acceptors (Lipinski definition) is 3. The maximum absolute atomic E-state index is 11.4. The van der Waals surface area contributed by atoms with Crippen molar-refractivity contribution in [3.05, 3.63) is 0 Å². The third-order valence-corrected chi connectivity index (χ3v) is 2.21. The summed E-state index contributed by atoms with van der Waals surface area (Å²) in [5, 5.41) is 0. The van der Waals surface area contributed by atoms with Crippen LogP contribution in [-0.2, 0) is 9.53 Å². The van der Waals surface area contributed by atoms with E-state index in [0.29, 0.717) is 19.2 Å². The van der Waals surface area contributed by atoms with Crippen LogP contribution >= 0.6 is 0 Å². The van der Waals surface area contributed by atoms with Crippen molar-refractivity contribution < 1.29 is 9.53 Å². The number of nitrogens with zero attached hydrogens (tertiary/aromatic N) is 1. The molecule has 1 amide bonds. The van der Waals surface area contributed by atoms with Crippen molar-refractivity contribution in [2.75, 3.05) is 26.8 Å². The van der Waals surface area contributed by atoms with Crippen LogP contribution in [-0.4, -0.2) is 43.7 Å². The molecule has 1 aliphatic carbocycles. The Bertz CT molecular complexity index is 169. The van der Waals surface area contributed by atoms with Crippen LogP contribution < -0.4 is 5.73 Å². The Morgan fingerprint density at radius 3 is 2.85 bits per heavy atom. The fraction of sp³-hybridized carbons (Fsp3) is 0.889. The van der Waals surface area contributed by atoms with E-state index in [0.717, 1.165) is 19.3 Å². The Labute approximate surface area is 79.0 Å². The van der Waals surface area contributed by atoms with E-state index >= 15 is 0 Å². The van der Waals surface area contributed by atoms with Crippen LogP contribution in [0, 0.1) is 0 Å². The molecule has 0 atom stereocenters. The third kappa shape index (κ3) is 3.74. The second-order valence-electron chi connectivity index (χ2n) is 3.43. The molecule has 1 aliphatic rings. The molecule has 1 fully saturated rings. The van der Waals surface area contributed by atoms with Crippen LogP contribution in [0.3, 0.4) is 0 Å². The molecule has 76 valence electrons. The number of rotatable bonds is 6. The molecule has 0 aliphatic heterocycles. The van der Waals surface area contributed by atoms with E-state index in [4.69, 9.17) is 10.5 Å². The molecule has 2 N–H and O–H groups in total. The van der Waals surface area contributed by atoms with Crippen molar-refractivity contribution in [2.45, 2.75) is 25.3 Å². The largest absolute Gasteiger partial charge is 0.372 e. The predicted molar refractivity (Wildman–Crippen MR) is 50.3 cm³/mol. The first-order chi connectivity index (χ1) is 6.25. The second kappa shape index (κ2) is 5.19. The topological polar surface area (TPSA) is 55.6 Å². The zero-order valence-corrected chi connectivity index (χ0v) is 8.16. The Kier molecular flexibility index (Phi) is 4.18. The molecular formula is C9H18N2O2. The van der Waals surface area contributed by atoms with Gasteiger partial charge in [0.05, 0.1) is 0 Å². The summed E-state index contributed by atoms with van der Waals surface area (Å²) >= 11 is 0. The molecule has 0 bridgehead atoms. The van der Waals surface area contributed by atoms with Gasteiger partial charge in [0.2, 0.25) is 5.91 Å². The number of carbonyl (C=O) groups excluding carboxylic acids is 1. The lowest BCUT2D eigenvalue weighted by molar-refractivity contribution is -0.135. The van der Waals surface area contributed by atoms with Crippen molar-refractivity contribution in [3.63, 3.8) is 0 Å². The number of nitrogens with two attached hydrogens (primary N) is 1. The Hall–Kier alpha value is -0.610. The normalized spacial score (nSPS) is 15.8. The van der Waals surface area contributed by atoms with E-state index in [1.54, 1.807) is 4.90 Å². The average molecular weight is 186 g/mol. The van der Waals surface area contributed by atoms with Crippen molar-refractivity contribution in [1.29, 1.82) is 0 Å². The molecule has 0 unspecified atom stereocenters. The van der Waals surface area contributed by atoms with E-state index in [9.17, 15) is 4.79 Å². The highest BCUT2D eigenvalue weighted by Gasteiger charge is 2.29. The number of likely N-dealkylation sites (N-methyl/N-ethyl adjacent to an activating group) is 1. The predicted octanol–water partition coefficient (Wildman–Crippen LogP) is -0.0274. The summed E-state index contributed by atoms with van der Waals surface area (Å²) in [7, 11) is 1.84. The van der Waals surface area contributed by atoms with Gasteiger partial charge in [0, 0.05) is 19.7 Å². The summed E-state index contributed by atoms with van der Waals surface area (Å²) in [6, 6.07) is 0.477. The minimum absolute atomic E-state index is 0.0829. The quantitative estimate of drug-likeness (QED) is 0.593.